The van der Waals surface area contributed by atoms with E-state index < -0.39 is 0 Å². The van der Waals surface area contributed by atoms with Crippen molar-refractivity contribution in [2.24, 2.45) is 0 Å². The molecule has 1 aromatic carbocycles. The Morgan fingerprint density at radius 1 is 0.923 bits per heavy atom. The van der Waals surface area contributed by atoms with Crippen LogP contribution in [-0.4, -0.2) is 18.8 Å². The van der Waals surface area contributed by atoms with Gasteiger partial charge >= 0.3 is 6.03 Å². The van der Waals surface area contributed by atoms with Crippen LogP contribution in [0.25, 0.3) is 0 Å². The molecule has 4 nitrogen and oxygen atoms in total. The van der Waals surface area contributed by atoms with E-state index in [1.54, 1.807) is 0 Å². The van der Waals surface area contributed by atoms with E-state index in [-0.39, 0.29) is 18.8 Å². The second-order valence-electron chi connectivity index (χ2n) is 7.64. The SMILES string of the molecule is Cc1ccc(OCNC(=O)NC2CCCCCCCCCCC2)cc1C. The minimum absolute atomic E-state index is 0.120. The molecule has 26 heavy (non-hydrogen) atoms. The zero-order chi connectivity index (χ0) is 18.6. The Hall–Kier alpha value is -1.71. The van der Waals surface area contributed by atoms with Crippen LogP contribution < -0.4 is 15.4 Å². The molecular weight excluding hydrogens is 324 g/mol. The molecule has 0 bridgehead atoms. The van der Waals surface area contributed by atoms with Crippen molar-refractivity contribution < 1.29 is 9.53 Å². The lowest BCUT2D eigenvalue weighted by atomic mass is 9.98. The van der Waals surface area contributed by atoms with Crippen LogP contribution in [0.1, 0.15) is 81.8 Å². The molecule has 1 saturated carbocycles. The lowest BCUT2D eigenvalue weighted by Gasteiger charge is -2.20. The maximum Gasteiger partial charge on any atom is 0.317 e. The molecule has 1 aliphatic rings. The number of urea groups is 1. The molecule has 2 N–H and O–H groups in total. The number of hydrogen-bond acceptors (Lipinski definition) is 2. The fourth-order valence-corrected chi connectivity index (χ4v) is 3.53. The number of aryl methyl sites for hydroxylation is 2. The third-order valence-corrected chi connectivity index (χ3v) is 5.39. The number of nitrogens with one attached hydrogen (secondary N) is 2. The van der Waals surface area contributed by atoms with Crippen molar-refractivity contribution >= 4 is 6.03 Å². The van der Waals surface area contributed by atoms with Gasteiger partial charge < -0.3 is 15.4 Å². The van der Waals surface area contributed by atoms with Crippen LogP contribution in [0.3, 0.4) is 0 Å². The topological polar surface area (TPSA) is 50.4 Å². The molecule has 1 aliphatic carbocycles. The molecule has 2 amide bonds. The Kier molecular flexibility index (Phi) is 9.36. The molecule has 0 heterocycles. The highest BCUT2D eigenvalue weighted by Crippen LogP contribution is 2.17. The van der Waals surface area contributed by atoms with E-state index in [0.29, 0.717) is 0 Å². The lowest BCUT2D eigenvalue weighted by molar-refractivity contribution is 0.218. The lowest BCUT2D eigenvalue weighted by Crippen LogP contribution is -2.43. The van der Waals surface area contributed by atoms with Crippen molar-refractivity contribution in [3.8, 4) is 5.75 Å². The van der Waals surface area contributed by atoms with Crippen molar-refractivity contribution in [1.29, 1.82) is 0 Å². The molecule has 1 aromatic rings. The van der Waals surface area contributed by atoms with Gasteiger partial charge in [0.25, 0.3) is 0 Å². The molecule has 0 saturated heterocycles. The van der Waals surface area contributed by atoms with E-state index in [4.69, 9.17) is 4.74 Å². The van der Waals surface area contributed by atoms with Gasteiger partial charge in [0, 0.05) is 6.04 Å². The molecule has 146 valence electrons. The first kappa shape index (κ1) is 20.6. The van der Waals surface area contributed by atoms with Crippen molar-refractivity contribution in [3.63, 3.8) is 0 Å². The van der Waals surface area contributed by atoms with Gasteiger partial charge in [-0.15, -0.1) is 0 Å². The van der Waals surface area contributed by atoms with E-state index in [9.17, 15) is 4.79 Å². The van der Waals surface area contributed by atoms with Crippen molar-refractivity contribution in [2.75, 3.05) is 6.73 Å². The normalized spacial score (nSPS) is 17.6. The number of rotatable bonds is 4. The standard InChI is InChI=1S/C22H36N2O2/c1-18-14-15-21(16-19(18)2)26-17-23-22(25)24-20-12-10-8-6-4-3-5-7-9-11-13-20/h14-16,20H,3-13,17H2,1-2H3,(H2,23,24,25). The highest BCUT2D eigenvalue weighted by molar-refractivity contribution is 5.74. The predicted molar refractivity (Wildman–Crippen MR) is 108 cm³/mol. The van der Waals surface area contributed by atoms with Crippen molar-refractivity contribution in [2.45, 2.75) is 90.5 Å². The van der Waals surface area contributed by atoms with E-state index >= 15 is 0 Å². The first-order valence-electron chi connectivity index (χ1n) is 10.4. The third kappa shape index (κ3) is 8.11. The summed E-state index contributed by atoms with van der Waals surface area (Å²) in [5, 5.41) is 5.97. The van der Waals surface area contributed by atoms with Gasteiger partial charge in [-0.2, -0.15) is 0 Å². The second-order valence-corrected chi connectivity index (χ2v) is 7.64. The van der Waals surface area contributed by atoms with Gasteiger partial charge in [-0.3, -0.25) is 0 Å². The maximum atomic E-state index is 12.2. The molecule has 1 fully saturated rings. The van der Waals surface area contributed by atoms with Crippen LogP contribution in [0.4, 0.5) is 4.79 Å². The van der Waals surface area contributed by atoms with Gasteiger partial charge in [0.2, 0.25) is 0 Å². The van der Waals surface area contributed by atoms with Crippen LogP contribution in [-0.2, 0) is 0 Å². The van der Waals surface area contributed by atoms with Gasteiger partial charge in [0.15, 0.2) is 6.73 Å². The average Bonchev–Trinajstić information content (AvgIpc) is 2.60. The Bertz CT molecular complexity index is 533. The van der Waals surface area contributed by atoms with Crippen LogP contribution in [0.15, 0.2) is 18.2 Å². The second kappa shape index (κ2) is 11.8. The average molecular weight is 361 g/mol. The molecule has 0 radical (unpaired) electrons. The van der Waals surface area contributed by atoms with Gasteiger partial charge in [0.1, 0.15) is 5.75 Å². The maximum absolute atomic E-state index is 12.2. The summed E-state index contributed by atoms with van der Waals surface area (Å²) in [7, 11) is 0. The Morgan fingerprint density at radius 3 is 2.08 bits per heavy atom. The fraction of sp³-hybridized carbons (Fsp3) is 0.682. The summed E-state index contributed by atoms with van der Waals surface area (Å²) in [5.74, 6) is 0.791. The molecular formula is C22H36N2O2. The summed E-state index contributed by atoms with van der Waals surface area (Å²) < 4.78 is 5.64. The van der Waals surface area contributed by atoms with Crippen molar-refractivity contribution in [3.05, 3.63) is 29.3 Å². The summed E-state index contributed by atoms with van der Waals surface area (Å²) in [4.78, 5) is 12.2. The number of amides is 2. The summed E-state index contributed by atoms with van der Waals surface area (Å²) in [6, 6.07) is 6.15. The van der Waals surface area contributed by atoms with Crippen LogP contribution in [0.2, 0.25) is 0 Å². The Balaban J connectivity index is 1.70. The Morgan fingerprint density at radius 2 is 1.50 bits per heavy atom. The number of hydrogen-bond donors (Lipinski definition) is 2. The number of carbonyl (C=O) groups excluding carboxylic acids is 1. The van der Waals surface area contributed by atoms with Crippen LogP contribution in [0.5, 0.6) is 5.75 Å². The minimum Gasteiger partial charge on any atom is -0.473 e. The fourth-order valence-electron chi connectivity index (χ4n) is 3.53. The smallest absolute Gasteiger partial charge is 0.317 e. The minimum atomic E-state index is -0.120. The van der Waals surface area contributed by atoms with Gasteiger partial charge in [-0.05, 0) is 49.9 Å². The molecule has 0 atom stereocenters. The highest BCUT2D eigenvalue weighted by atomic mass is 16.5. The van der Waals surface area contributed by atoms with E-state index in [2.05, 4.69) is 24.5 Å². The van der Waals surface area contributed by atoms with Crippen LogP contribution >= 0.6 is 0 Å². The van der Waals surface area contributed by atoms with Gasteiger partial charge in [-0.25, -0.2) is 4.79 Å². The zero-order valence-electron chi connectivity index (χ0n) is 16.6. The van der Waals surface area contributed by atoms with Gasteiger partial charge in [-0.1, -0.05) is 63.9 Å². The summed E-state index contributed by atoms with van der Waals surface area (Å²) >= 11 is 0. The molecule has 0 aromatic heterocycles. The summed E-state index contributed by atoms with van der Waals surface area (Å²) in [6.07, 6.45) is 14.0. The largest absolute Gasteiger partial charge is 0.473 e. The highest BCUT2D eigenvalue weighted by Gasteiger charge is 2.12. The summed E-state index contributed by atoms with van der Waals surface area (Å²) in [5.41, 5.74) is 2.44. The number of ether oxygens (including phenoxy) is 1. The Labute approximate surface area is 159 Å². The quantitative estimate of drug-likeness (QED) is 0.685. The predicted octanol–water partition coefficient (Wildman–Crippen LogP) is 5.61. The molecule has 2 rings (SSSR count). The van der Waals surface area contributed by atoms with E-state index in [1.807, 2.05) is 18.2 Å². The van der Waals surface area contributed by atoms with Crippen molar-refractivity contribution in [1.82, 2.24) is 10.6 Å². The molecule has 0 aliphatic heterocycles. The first-order valence-corrected chi connectivity index (χ1v) is 10.4. The molecule has 4 heteroatoms. The van der Waals surface area contributed by atoms with E-state index in [0.717, 1.165) is 18.6 Å². The number of carbonyl (C=O) groups is 1. The third-order valence-electron chi connectivity index (χ3n) is 5.39. The van der Waals surface area contributed by atoms with Crippen LogP contribution in [0, 0.1) is 13.8 Å². The first-order chi connectivity index (χ1) is 12.6. The van der Waals surface area contributed by atoms with Gasteiger partial charge in [0.05, 0.1) is 0 Å². The molecule has 0 spiro atoms. The number of benzene rings is 1. The summed E-state index contributed by atoms with van der Waals surface area (Å²) in [6.45, 7) is 4.33. The molecule has 0 unspecified atom stereocenters. The monoisotopic (exact) mass is 360 g/mol. The zero-order valence-corrected chi connectivity index (χ0v) is 16.6. The van der Waals surface area contributed by atoms with E-state index in [1.165, 1.54) is 68.9 Å².